The molecule has 4 aromatic heterocycles. The molecule has 18 heteroatoms. The van der Waals surface area contributed by atoms with E-state index in [2.05, 4.69) is 34.4 Å². The second-order valence-electron chi connectivity index (χ2n) is 18.7. The van der Waals surface area contributed by atoms with Crippen LogP contribution in [0.5, 0.6) is 0 Å². The van der Waals surface area contributed by atoms with Gasteiger partial charge in [-0.15, -0.1) is 0 Å². The number of likely N-dealkylation sites (tertiary alicyclic amines) is 2. The van der Waals surface area contributed by atoms with Crippen LogP contribution in [0.1, 0.15) is 156 Å². The Morgan fingerprint density at radius 3 is 1.80 bits per heavy atom. The van der Waals surface area contributed by atoms with Gasteiger partial charge in [-0.2, -0.15) is 9.97 Å². The first-order valence-electron chi connectivity index (χ1n) is 24.2. The van der Waals surface area contributed by atoms with Crippen molar-refractivity contribution in [1.82, 2.24) is 48.0 Å². The van der Waals surface area contributed by atoms with Gasteiger partial charge in [-0.05, 0) is 100 Å². The van der Waals surface area contributed by atoms with Gasteiger partial charge in [0, 0.05) is 69.0 Å². The average molecular weight is 894 g/mol. The van der Waals surface area contributed by atoms with Crippen molar-refractivity contribution < 1.29 is 14.0 Å². The van der Waals surface area contributed by atoms with Gasteiger partial charge in [0.05, 0.1) is 18.9 Å². The highest BCUT2D eigenvalue weighted by atomic mass is 19.1. The van der Waals surface area contributed by atoms with E-state index < -0.39 is 5.82 Å². The summed E-state index contributed by atoms with van der Waals surface area (Å²) in [7, 11) is 0. The Labute approximate surface area is 378 Å². The monoisotopic (exact) mass is 894 g/mol. The summed E-state index contributed by atoms with van der Waals surface area (Å²) in [5.74, 6) is -0.105. The van der Waals surface area contributed by atoms with Gasteiger partial charge in [0.1, 0.15) is 16.9 Å². The number of aromatic nitrogens is 8. The van der Waals surface area contributed by atoms with E-state index >= 15 is 4.39 Å². The Hall–Kier alpha value is -5.65. The molecular weight excluding hydrogens is 830 g/mol. The van der Waals surface area contributed by atoms with Crippen LogP contribution in [0.15, 0.2) is 40.2 Å². The fourth-order valence-electron chi connectivity index (χ4n) is 11.1. The van der Waals surface area contributed by atoms with E-state index in [1.54, 1.807) is 18.5 Å². The summed E-state index contributed by atoms with van der Waals surface area (Å²) >= 11 is 0. The molecule has 6 heterocycles. The summed E-state index contributed by atoms with van der Waals surface area (Å²) in [6.45, 7) is 8.05. The van der Waals surface area contributed by atoms with Crippen LogP contribution in [-0.2, 0) is 4.79 Å². The van der Waals surface area contributed by atoms with E-state index in [9.17, 15) is 19.2 Å². The first kappa shape index (κ1) is 44.5. The quantitative estimate of drug-likeness (QED) is 0.0943. The van der Waals surface area contributed by atoms with Crippen molar-refractivity contribution in [2.75, 3.05) is 56.4 Å². The third-order valence-corrected chi connectivity index (χ3v) is 14.5. The molecule has 2 atom stereocenters. The van der Waals surface area contributed by atoms with Crippen LogP contribution >= 0.6 is 0 Å². The van der Waals surface area contributed by atoms with Crippen LogP contribution in [0, 0.1) is 5.82 Å². The number of carbonyl (C=O) groups excluding carboxylic acids is 2. The van der Waals surface area contributed by atoms with Crippen molar-refractivity contribution in [2.24, 2.45) is 5.73 Å². The highest BCUT2D eigenvalue weighted by Crippen LogP contribution is 2.44. The summed E-state index contributed by atoms with van der Waals surface area (Å²) in [6, 6.07) is 4.11. The number of piperidine rings is 2. The van der Waals surface area contributed by atoms with Crippen LogP contribution in [-0.4, -0.2) is 106 Å². The van der Waals surface area contributed by atoms with Crippen LogP contribution < -0.4 is 27.7 Å². The Morgan fingerprint density at radius 2 is 1.25 bits per heavy atom. The van der Waals surface area contributed by atoms with E-state index in [-0.39, 0.29) is 59.8 Å². The Bertz CT molecular complexity index is 2630. The number of primary amides is 1. The SMILES string of the molecule is CCCCNc1ncc2c(n1)n(C1CCN(C(=O)c3ccc(F)cc3C3CCC(n4c(=O)n(C5CCN(CC(N)=O)CC5)c5nc(NCCCC)ncc54)C3)CC1)c(=O)n2C1CCCC1. The van der Waals surface area contributed by atoms with Gasteiger partial charge in [0.15, 0.2) is 11.3 Å². The highest BCUT2D eigenvalue weighted by Gasteiger charge is 2.37. The maximum Gasteiger partial charge on any atom is 0.330 e. The molecule has 0 spiro atoms. The zero-order valence-electron chi connectivity index (χ0n) is 37.9. The number of amides is 2. The summed E-state index contributed by atoms with van der Waals surface area (Å²) < 4.78 is 22.6. The van der Waals surface area contributed by atoms with Gasteiger partial charge in [-0.3, -0.25) is 32.8 Å². The molecule has 348 valence electrons. The Kier molecular flexibility index (Phi) is 13.3. The number of rotatable bonds is 16. The highest BCUT2D eigenvalue weighted by molar-refractivity contribution is 5.96. The molecule has 5 aromatic rings. The van der Waals surface area contributed by atoms with Gasteiger partial charge < -0.3 is 21.3 Å². The first-order valence-corrected chi connectivity index (χ1v) is 24.2. The van der Waals surface area contributed by atoms with E-state index in [0.29, 0.717) is 118 Å². The number of fused-ring (bicyclic) bond motifs is 2. The summed E-state index contributed by atoms with van der Waals surface area (Å²) in [5, 5.41) is 6.64. The molecule has 4 N–H and O–H groups in total. The minimum atomic E-state index is -0.407. The van der Waals surface area contributed by atoms with Crippen molar-refractivity contribution in [3.8, 4) is 0 Å². The molecule has 4 aliphatic rings. The average Bonchev–Trinajstić information content (AvgIpc) is 4.12. The van der Waals surface area contributed by atoms with Crippen LogP contribution in [0.25, 0.3) is 22.3 Å². The second kappa shape index (κ2) is 19.4. The van der Waals surface area contributed by atoms with Crippen molar-refractivity contribution in [1.29, 1.82) is 0 Å². The van der Waals surface area contributed by atoms with Crippen LogP contribution in [0.2, 0.25) is 0 Å². The van der Waals surface area contributed by atoms with Gasteiger partial charge in [0.25, 0.3) is 5.91 Å². The number of nitrogens with two attached hydrogens (primary N) is 1. The third kappa shape index (κ3) is 9.02. The van der Waals surface area contributed by atoms with E-state index in [1.165, 1.54) is 12.1 Å². The Morgan fingerprint density at radius 1 is 0.708 bits per heavy atom. The molecule has 0 radical (unpaired) electrons. The molecule has 2 unspecified atom stereocenters. The van der Waals surface area contributed by atoms with Gasteiger partial charge >= 0.3 is 11.4 Å². The maximum absolute atomic E-state index is 15.2. The predicted octanol–water partition coefficient (Wildman–Crippen LogP) is 6.29. The van der Waals surface area contributed by atoms with Gasteiger partial charge in [0.2, 0.25) is 17.8 Å². The van der Waals surface area contributed by atoms with E-state index in [4.69, 9.17) is 15.7 Å². The summed E-state index contributed by atoms with van der Waals surface area (Å²) in [6.07, 6.45) is 16.0. The molecule has 17 nitrogen and oxygen atoms in total. The lowest BCUT2D eigenvalue weighted by Crippen LogP contribution is -2.41. The molecule has 1 aromatic carbocycles. The van der Waals surface area contributed by atoms with Crippen molar-refractivity contribution in [2.45, 2.75) is 140 Å². The fraction of sp³-hybridized carbons (Fsp3) is 0.617. The van der Waals surface area contributed by atoms with Crippen LogP contribution in [0.3, 0.4) is 0 Å². The van der Waals surface area contributed by atoms with Crippen molar-refractivity contribution >= 4 is 46.0 Å². The van der Waals surface area contributed by atoms with Crippen LogP contribution in [0.4, 0.5) is 16.3 Å². The van der Waals surface area contributed by atoms with E-state index in [0.717, 1.165) is 63.4 Å². The standard InChI is InChI=1S/C47H64FN13O4/c1-3-5-19-50-44-52-27-38-41(54-44)61(46(64)58(38)32-9-7-8-10-32)34-17-23-57(24-18-34)43(63)36-14-12-31(48)26-37(36)30-11-13-35(25-30)59-39-28-53-45(51-20-6-4-2)55-42(39)60(47(59)65)33-15-21-56(22-16-33)29-40(49)62/h12,14,26-28,30,32-35H,3-11,13,15-25,29H2,1-2H3,(H2,49,62)(H,50,52,54)(H,51,53,55). The third-order valence-electron chi connectivity index (χ3n) is 14.5. The molecule has 0 bridgehead atoms. The molecular formula is C47H64FN13O4. The van der Waals surface area contributed by atoms with Crippen molar-refractivity contribution in [3.63, 3.8) is 0 Å². The number of nitrogens with one attached hydrogen (secondary N) is 2. The molecule has 2 amide bonds. The predicted molar refractivity (Wildman–Crippen MR) is 248 cm³/mol. The number of imidazole rings is 2. The van der Waals surface area contributed by atoms with Crippen molar-refractivity contribution in [3.05, 3.63) is 68.5 Å². The Balaban J connectivity index is 0.946. The zero-order valence-corrected chi connectivity index (χ0v) is 37.9. The minimum absolute atomic E-state index is 0.0586. The summed E-state index contributed by atoms with van der Waals surface area (Å²) in [5.41, 5.74) is 9.05. The molecule has 9 rings (SSSR count). The maximum atomic E-state index is 15.2. The van der Waals surface area contributed by atoms with E-state index in [1.807, 2.05) is 28.1 Å². The lowest BCUT2D eigenvalue weighted by atomic mass is 9.91. The number of hydrogen-bond donors (Lipinski definition) is 3. The number of hydrogen-bond acceptors (Lipinski definition) is 11. The smallest absolute Gasteiger partial charge is 0.330 e. The van der Waals surface area contributed by atoms with Gasteiger partial charge in [-0.25, -0.2) is 23.9 Å². The molecule has 2 saturated heterocycles. The molecule has 2 aliphatic carbocycles. The number of anilines is 2. The number of unbranched alkanes of at least 4 members (excludes halogenated alkanes) is 2. The number of benzene rings is 1. The lowest BCUT2D eigenvalue weighted by Gasteiger charge is -2.33. The zero-order chi connectivity index (χ0) is 45.2. The number of halogens is 1. The lowest BCUT2D eigenvalue weighted by molar-refractivity contribution is -0.119. The molecule has 4 fully saturated rings. The molecule has 65 heavy (non-hydrogen) atoms. The topological polar surface area (TPSA) is 196 Å². The number of nitrogens with zero attached hydrogens (tertiary/aromatic N) is 10. The minimum Gasteiger partial charge on any atom is -0.369 e. The van der Waals surface area contributed by atoms with Gasteiger partial charge in [-0.1, -0.05) is 39.5 Å². The summed E-state index contributed by atoms with van der Waals surface area (Å²) in [4.78, 5) is 78.0. The first-order chi connectivity index (χ1) is 31.6. The fourth-order valence-corrected chi connectivity index (χ4v) is 11.1. The molecule has 2 aliphatic heterocycles. The second-order valence-corrected chi connectivity index (χ2v) is 18.7. The number of carbonyl (C=O) groups is 2. The largest absolute Gasteiger partial charge is 0.369 e. The molecule has 2 saturated carbocycles. The normalized spacial score (nSPS) is 20.4.